The average molecular weight is 430 g/mol. The molecular formula is C20H27N7O2S. The van der Waals surface area contributed by atoms with Crippen molar-refractivity contribution in [2.45, 2.75) is 42.7 Å². The molecule has 3 aromatic rings. The molecule has 9 nitrogen and oxygen atoms in total. The van der Waals surface area contributed by atoms with Crippen LogP contribution < -0.4 is 16.4 Å². The van der Waals surface area contributed by atoms with E-state index in [0.717, 1.165) is 42.9 Å². The molecule has 30 heavy (non-hydrogen) atoms. The molecule has 0 bridgehead atoms. The molecule has 0 atom stereocenters. The quantitative estimate of drug-likeness (QED) is 0.551. The van der Waals surface area contributed by atoms with Crippen LogP contribution in [0.1, 0.15) is 25.7 Å². The zero-order valence-corrected chi connectivity index (χ0v) is 17.9. The lowest BCUT2D eigenvalue weighted by molar-refractivity contribution is 0.410. The first-order chi connectivity index (χ1) is 14.3. The minimum absolute atomic E-state index is 0.247. The SMILES string of the molecule is CN(C)S(=O)(=O)c1ccc(Nc2cc(NC3CCC(N)CC3)nn3ccnc23)cc1. The van der Waals surface area contributed by atoms with Crippen LogP contribution >= 0.6 is 0 Å². The first kappa shape index (κ1) is 20.6. The molecule has 2 aromatic heterocycles. The number of fused-ring (bicyclic) bond motifs is 1. The molecule has 2 heterocycles. The number of nitrogens with one attached hydrogen (secondary N) is 2. The summed E-state index contributed by atoms with van der Waals surface area (Å²) < 4.78 is 27.5. The number of anilines is 3. The Morgan fingerprint density at radius 1 is 1.13 bits per heavy atom. The Hall–Kier alpha value is -2.69. The molecule has 1 aliphatic carbocycles. The van der Waals surface area contributed by atoms with Crippen molar-refractivity contribution >= 4 is 32.9 Å². The van der Waals surface area contributed by atoms with E-state index in [1.807, 2.05) is 6.07 Å². The van der Waals surface area contributed by atoms with Crippen LogP contribution in [0.5, 0.6) is 0 Å². The third-order valence-corrected chi connectivity index (χ3v) is 7.22. The summed E-state index contributed by atoms with van der Waals surface area (Å²) in [7, 11) is -0.427. The van der Waals surface area contributed by atoms with Crippen molar-refractivity contribution in [3.63, 3.8) is 0 Å². The van der Waals surface area contributed by atoms with Crippen molar-refractivity contribution in [3.05, 3.63) is 42.7 Å². The van der Waals surface area contributed by atoms with Crippen LogP contribution in [0.4, 0.5) is 17.2 Å². The number of rotatable bonds is 6. The number of nitrogens with two attached hydrogens (primary N) is 1. The van der Waals surface area contributed by atoms with Crippen molar-refractivity contribution in [2.24, 2.45) is 5.73 Å². The average Bonchev–Trinajstić information content (AvgIpc) is 3.19. The first-order valence-electron chi connectivity index (χ1n) is 9.99. The Balaban J connectivity index is 1.57. The first-order valence-corrected chi connectivity index (χ1v) is 11.4. The normalized spacial score (nSPS) is 19.9. The maximum Gasteiger partial charge on any atom is 0.242 e. The molecule has 1 fully saturated rings. The molecule has 0 amide bonds. The van der Waals surface area contributed by atoms with Gasteiger partial charge in [-0.05, 0) is 49.9 Å². The molecule has 4 rings (SSSR count). The highest BCUT2D eigenvalue weighted by atomic mass is 32.2. The van der Waals surface area contributed by atoms with Gasteiger partial charge in [0.2, 0.25) is 10.0 Å². The molecule has 1 aromatic carbocycles. The number of benzene rings is 1. The van der Waals surface area contributed by atoms with Crippen LogP contribution in [0.3, 0.4) is 0 Å². The predicted octanol–water partition coefficient (Wildman–Crippen LogP) is 2.41. The molecule has 1 saturated carbocycles. The number of hydrogen-bond acceptors (Lipinski definition) is 7. The summed E-state index contributed by atoms with van der Waals surface area (Å²) in [4.78, 5) is 4.63. The summed E-state index contributed by atoms with van der Waals surface area (Å²) in [5, 5.41) is 11.4. The number of aromatic nitrogens is 3. The highest BCUT2D eigenvalue weighted by Gasteiger charge is 2.20. The molecule has 1 aliphatic rings. The molecule has 0 aliphatic heterocycles. The molecule has 0 unspecified atom stereocenters. The van der Waals surface area contributed by atoms with Gasteiger partial charge >= 0.3 is 0 Å². The van der Waals surface area contributed by atoms with E-state index in [9.17, 15) is 8.42 Å². The molecule has 0 radical (unpaired) electrons. The van der Waals surface area contributed by atoms with Gasteiger partial charge in [0, 0.05) is 50.3 Å². The van der Waals surface area contributed by atoms with E-state index in [1.165, 1.54) is 18.4 Å². The van der Waals surface area contributed by atoms with Gasteiger partial charge in [-0.2, -0.15) is 0 Å². The predicted molar refractivity (Wildman–Crippen MR) is 117 cm³/mol. The standard InChI is InChI=1S/C20H27N7O2S/c1-26(2)30(28,29)17-9-7-15(8-10-17)23-18-13-19(25-27-12-11-22-20(18)27)24-16-5-3-14(21)4-6-16/h7-14,16,23H,3-6,21H2,1-2H3,(H,24,25). The monoisotopic (exact) mass is 429 g/mol. The lowest BCUT2D eigenvalue weighted by Crippen LogP contribution is -2.33. The molecule has 160 valence electrons. The van der Waals surface area contributed by atoms with Gasteiger partial charge in [0.05, 0.1) is 10.6 Å². The van der Waals surface area contributed by atoms with Gasteiger partial charge in [-0.25, -0.2) is 22.2 Å². The Morgan fingerprint density at radius 2 is 1.83 bits per heavy atom. The summed E-state index contributed by atoms with van der Waals surface area (Å²) in [5.74, 6) is 0.760. The second kappa shape index (κ2) is 8.21. The second-order valence-corrected chi connectivity index (χ2v) is 9.98. The van der Waals surface area contributed by atoms with Gasteiger partial charge in [-0.3, -0.25) is 0 Å². The van der Waals surface area contributed by atoms with E-state index < -0.39 is 10.0 Å². The molecule has 10 heteroatoms. The fourth-order valence-electron chi connectivity index (χ4n) is 3.63. The molecule has 4 N–H and O–H groups in total. The Bertz CT molecular complexity index is 1120. The van der Waals surface area contributed by atoms with Crippen LogP contribution in [0.2, 0.25) is 0 Å². The van der Waals surface area contributed by atoms with E-state index in [1.54, 1.807) is 41.2 Å². The van der Waals surface area contributed by atoms with Gasteiger partial charge < -0.3 is 16.4 Å². The van der Waals surface area contributed by atoms with Crippen molar-refractivity contribution in [1.82, 2.24) is 18.9 Å². The Labute approximate surface area is 176 Å². The number of nitrogens with zero attached hydrogens (tertiary/aromatic N) is 4. The number of sulfonamides is 1. The van der Waals surface area contributed by atoms with Crippen molar-refractivity contribution < 1.29 is 8.42 Å². The van der Waals surface area contributed by atoms with E-state index >= 15 is 0 Å². The largest absolute Gasteiger partial charge is 0.366 e. The second-order valence-electron chi connectivity index (χ2n) is 7.83. The van der Waals surface area contributed by atoms with Gasteiger partial charge in [-0.15, -0.1) is 5.10 Å². The Morgan fingerprint density at radius 3 is 2.50 bits per heavy atom. The summed E-state index contributed by atoms with van der Waals surface area (Å²) in [5.41, 5.74) is 8.25. The van der Waals surface area contributed by atoms with Gasteiger partial charge in [0.1, 0.15) is 5.82 Å². The van der Waals surface area contributed by atoms with Gasteiger partial charge in [0.25, 0.3) is 0 Å². The minimum Gasteiger partial charge on any atom is -0.366 e. The fourth-order valence-corrected chi connectivity index (χ4v) is 4.53. The number of hydrogen-bond donors (Lipinski definition) is 3. The summed E-state index contributed by atoms with van der Waals surface area (Å²) >= 11 is 0. The third kappa shape index (κ3) is 4.25. The minimum atomic E-state index is -3.46. The van der Waals surface area contributed by atoms with Crippen LogP contribution in [0.25, 0.3) is 5.65 Å². The van der Waals surface area contributed by atoms with Crippen LogP contribution in [0, 0.1) is 0 Å². The van der Waals surface area contributed by atoms with Crippen LogP contribution in [0.15, 0.2) is 47.6 Å². The van der Waals surface area contributed by atoms with E-state index in [2.05, 4.69) is 20.7 Å². The Kier molecular flexibility index (Phi) is 5.63. The highest BCUT2D eigenvalue weighted by molar-refractivity contribution is 7.89. The topological polar surface area (TPSA) is 118 Å². The van der Waals surface area contributed by atoms with E-state index in [4.69, 9.17) is 5.73 Å². The summed E-state index contributed by atoms with van der Waals surface area (Å²) in [6, 6.07) is 9.24. The lowest BCUT2D eigenvalue weighted by atomic mass is 9.92. The zero-order chi connectivity index (χ0) is 21.3. The smallest absolute Gasteiger partial charge is 0.242 e. The van der Waals surface area contributed by atoms with Crippen molar-refractivity contribution in [1.29, 1.82) is 0 Å². The highest BCUT2D eigenvalue weighted by Crippen LogP contribution is 2.26. The maximum absolute atomic E-state index is 12.3. The van der Waals surface area contributed by atoms with Crippen molar-refractivity contribution in [2.75, 3.05) is 24.7 Å². The lowest BCUT2D eigenvalue weighted by Gasteiger charge is -2.27. The zero-order valence-electron chi connectivity index (χ0n) is 17.1. The van der Waals surface area contributed by atoms with Crippen LogP contribution in [-0.2, 0) is 10.0 Å². The van der Waals surface area contributed by atoms with E-state index in [-0.39, 0.29) is 4.90 Å². The molecular weight excluding hydrogens is 402 g/mol. The molecule has 0 spiro atoms. The van der Waals surface area contributed by atoms with Crippen LogP contribution in [-0.4, -0.2) is 53.5 Å². The number of imidazole rings is 1. The third-order valence-electron chi connectivity index (χ3n) is 5.39. The maximum atomic E-state index is 12.3. The summed E-state index contributed by atoms with van der Waals surface area (Å²) in [6.45, 7) is 0. The van der Waals surface area contributed by atoms with Crippen molar-refractivity contribution in [3.8, 4) is 0 Å². The molecule has 0 saturated heterocycles. The van der Waals surface area contributed by atoms with E-state index in [0.29, 0.717) is 17.7 Å². The van der Waals surface area contributed by atoms with Gasteiger partial charge in [0.15, 0.2) is 5.65 Å². The fraction of sp³-hybridized carbons (Fsp3) is 0.400. The summed E-state index contributed by atoms with van der Waals surface area (Å²) in [6.07, 6.45) is 7.57. The van der Waals surface area contributed by atoms with Gasteiger partial charge in [-0.1, -0.05) is 0 Å².